The van der Waals surface area contributed by atoms with E-state index < -0.39 is 39.6 Å². The second kappa shape index (κ2) is 7.21. The van der Waals surface area contributed by atoms with E-state index in [0.29, 0.717) is 28.2 Å². The Labute approximate surface area is 175 Å². The van der Waals surface area contributed by atoms with Gasteiger partial charge in [0.15, 0.2) is 11.6 Å². The van der Waals surface area contributed by atoms with Crippen molar-refractivity contribution in [2.24, 2.45) is 5.16 Å². The summed E-state index contributed by atoms with van der Waals surface area (Å²) < 4.78 is 68.7. The Hall–Kier alpha value is -1.71. The van der Waals surface area contributed by atoms with Crippen LogP contribution in [0.25, 0.3) is 0 Å². The standard InChI is InChI=1S/C18H10Cl2F5NO2S/c19-12-3-8(4-13(20)16(12)21)17(18(22,23)24)5-14(26-28-17)9-1-2-15(27-25)11-7-29-6-10(9)11/h1-4H,5-7H2. The first kappa shape index (κ1) is 20.6. The van der Waals surface area contributed by atoms with Gasteiger partial charge in [0.2, 0.25) is 0 Å². The highest BCUT2D eigenvalue weighted by molar-refractivity contribution is 7.98. The van der Waals surface area contributed by atoms with Gasteiger partial charge in [-0.1, -0.05) is 28.4 Å². The lowest BCUT2D eigenvalue weighted by molar-refractivity contribution is -0.275. The summed E-state index contributed by atoms with van der Waals surface area (Å²) in [6.07, 6.45) is -5.58. The third-order valence-corrected chi connectivity index (χ3v) is 6.45. The number of rotatable bonds is 3. The molecule has 2 aromatic rings. The van der Waals surface area contributed by atoms with E-state index in [1.54, 1.807) is 0 Å². The van der Waals surface area contributed by atoms with E-state index in [1.165, 1.54) is 23.9 Å². The van der Waals surface area contributed by atoms with Crippen LogP contribution >= 0.6 is 35.0 Å². The zero-order valence-corrected chi connectivity index (χ0v) is 16.6. The van der Waals surface area contributed by atoms with Crippen molar-refractivity contribution in [1.29, 1.82) is 0 Å². The Morgan fingerprint density at radius 2 is 1.76 bits per heavy atom. The third-order valence-electron chi connectivity index (χ3n) is 4.91. The molecule has 3 nitrogen and oxygen atoms in total. The Morgan fingerprint density at radius 1 is 1.10 bits per heavy atom. The highest BCUT2D eigenvalue weighted by Crippen LogP contribution is 2.51. The van der Waals surface area contributed by atoms with Crippen LogP contribution in [0.5, 0.6) is 5.75 Å². The molecule has 29 heavy (non-hydrogen) atoms. The number of nitrogens with zero attached hydrogens (tertiary/aromatic N) is 1. The molecule has 2 aliphatic heterocycles. The number of fused-ring (bicyclic) bond motifs is 1. The van der Waals surface area contributed by atoms with Gasteiger partial charge in [-0.25, -0.2) is 4.39 Å². The van der Waals surface area contributed by atoms with Gasteiger partial charge in [0.25, 0.3) is 5.60 Å². The molecule has 0 aliphatic carbocycles. The van der Waals surface area contributed by atoms with E-state index in [-0.39, 0.29) is 11.5 Å². The van der Waals surface area contributed by atoms with Crippen LogP contribution in [-0.4, -0.2) is 11.9 Å². The average Bonchev–Trinajstić information content (AvgIpc) is 3.32. The van der Waals surface area contributed by atoms with Crippen molar-refractivity contribution < 1.29 is 31.9 Å². The lowest BCUT2D eigenvalue weighted by Gasteiger charge is -2.29. The fourth-order valence-electron chi connectivity index (χ4n) is 3.43. The van der Waals surface area contributed by atoms with Crippen LogP contribution in [0.1, 0.15) is 28.7 Å². The van der Waals surface area contributed by atoms with Crippen LogP contribution in [0.2, 0.25) is 10.0 Å². The SMILES string of the molecule is FOc1ccc(C2=NOC(c3cc(Cl)c(F)c(Cl)c3)(C(F)(F)F)C2)c2c1CSC2. The number of hydrogen-bond donors (Lipinski definition) is 0. The van der Waals surface area contributed by atoms with Gasteiger partial charge in [-0.05, 0) is 29.8 Å². The summed E-state index contributed by atoms with van der Waals surface area (Å²) in [6, 6.07) is 4.44. The minimum Gasteiger partial charge on any atom is -0.374 e. The molecule has 0 saturated carbocycles. The van der Waals surface area contributed by atoms with Gasteiger partial charge >= 0.3 is 6.18 Å². The van der Waals surface area contributed by atoms with Crippen LogP contribution in [0.3, 0.4) is 0 Å². The molecule has 11 heteroatoms. The zero-order valence-electron chi connectivity index (χ0n) is 14.2. The fourth-order valence-corrected chi connectivity index (χ4v) is 5.07. The summed E-state index contributed by atoms with van der Waals surface area (Å²) in [7, 11) is 0. The predicted molar refractivity (Wildman–Crippen MR) is 99.6 cm³/mol. The average molecular weight is 470 g/mol. The van der Waals surface area contributed by atoms with Crippen molar-refractivity contribution in [2.75, 3.05) is 0 Å². The summed E-state index contributed by atoms with van der Waals surface area (Å²) in [6.45, 7) is 0. The van der Waals surface area contributed by atoms with Crippen LogP contribution in [-0.2, 0) is 21.9 Å². The number of thioether (sulfide) groups is 1. The first-order chi connectivity index (χ1) is 13.7. The van der Waals surface area contributed by atoms with E-state index in [4.69, 9.17) is 28.0 Å². The van der Waals surface area contributed by atoms with Gasteiger partial charge in [0.05, 0.1) is 15.8 Å². The molecule has 2 aromatic carbocycles. The molecule has 0 saturated heterocycles. The summed E-state index contributed by atoms with van der Waals surface area (Å²) in [4.78, 5) is 8.78. The van der Waals surface area contributed by atoms with Gasteiger partial charge in [-0.15, -0.1) is 0 Å². The second-order valence-electron chi connectivity index (χ2n) is 6.52. The van der Waals surface area contributed by atoms with E-state index in [9.17, 15) is 22.1 Å². The van der Waals surface area contributed by atoms with Gasteiger partial charge in [-0.2, -0.15) is 24.9 Å². The Balaban J connectivity index is 1.78. The van der Waals surface area contributed by atoms with Crippen molar-refractivity contribution in [3.63, 3.8) is 0 Å². The number of hydrogen-bond acceptors (Lipinski definition) is 4. The summed E-state index contributed by atoms with van der Waals surface area (Å²) in [5.74, 6) is -0.0733. The van der Waals surface area contributed by atoms with Gasteiger partial charge in [-0.3, -0.25) is 4.94 Å². The molecule has 154 valence electrons. The maximum absolute atomic E-state index is 14.1. The summed E-state index contributed by atoms with van der Waals surface area (Å²) in [5.41, 5.74) is -1.69. The van der Waals surface area contributed by atoms with E-state index in [1.807, 2.05) is 0 Å². The molecule has 0 amide bonds. The Morgan fingerprint density at radius 3 is 2.38 bits per heavy atom. The van der Waals surface area contributed by atoms with Gasteiger partial charge in [0, 0.05) is 39.1 Å². The minimum absolute atomic E-state index is 0.0208. The molecule has 0 spiro atoms. The maximum atomic E-state index is 14.1. The van der Waals surface area contributed by atoms with Crippen molar-refractivity contribution in [3.05, 3.63) is 62.4 Å². The van der Waals surface area contributed by atoms with Crippen LogP contribution in [0.4, 0.5) is 22.1 Å². The molecule has 4 rings (SSSR count). The lowest BCUT2D eigenvalue weighted by atomic mass is 9.85. The maximum Gasteiger partial charge on any atom is 0.435 e. The quantitative estimate of drug-likeness (QED) is 0.369. The molecule has 1 unspecified atom stereocenters. The zero-order chi connectivity index (χ0) is 21.0. The predicted octanol–water partition coefficient (Wildman–Crippen LogP) is 6.72. The Bertz CT molecular complexity index is 1010. The van der Waals surface area contributed by atoms with Crippen LogP contribution in [0.15, 0.2) is 29.4 Å². The van der Waals surface area contributed by atoms with E-state index in [0.717, 1.165) is 12.1 Å². The highest BCUT2D eigenvalue weighted by atomic mass is 35.5. The molecule has 2 heterocycles. The minimum atomic E-state index is -4.90. The summed E-state index contributed by atoms with van der Waals surface area (Å²) in [5, 5.41) is 2.57. The second-order valence-corrected chi connectivity index (χ2v) is 8.32. The first-order valence-corrected chi connectivity index (χ1v) is 10.1. The molecular weight excluding hydrogens is 460 g/mol. The van der Waals surface area contributed by atoms with Crippen molar-refractivity contribution in [2.45, 2.75) is 29.7 Å². The molecule has 0 N–H and O–H groups in total. The number of oxime groups is 1. The number of benzene rings is 2. The smallest absolute Gasteiger partial charge is 0.374 e. The normalized spacial score (nSPS) is 21.0. The topological polar surface area (TPSA) is 30.8 Å². The van der Waals surface area contributed by atoms with Gasteiger partial charge in [0.1, 0.15) is 0 Å². The van der Waals surface area contributed by atoms with Crippen LogP contribution in [0, 0.1) is 5.82 Å². The molecule has 0 fully saturated rings. The summed E-state index contributed by atoms with van der Waals surface area (Å²) >= 11 is 12.9. The van der Waals surface area contributed by atoms with E-state index in [2.05, 4.69) is 10.1 Å². The van der Waals surface area contributed by atoms with Gasteiger partial charge < -0.3 is 4.84 Å². The Kier molecular flexibility index (Phi) is 5.11. The molecule has 1 atom stereocenters. The van der Waals surface area contributed by atoms with Crippen molar-refractivity contribution >= 4 is 40.7 Å². The van der Waals surface area contributed by atoms with Crippen LogP contribution < -0.4 is 4.94 Å². The van der Waals surface area contributed by atoms with Crippen molar-refractivity contribution in [3.8, 4) is 5.75 Å². The molecule has 0 radical (unpaired) electrons. The fraction of sp³-hybridized carbons (Fsp3) is 0.278. The molecule has 0 bridgehead atoms. The molecular formula is C18H10Cl2F5NO2S. The molecule has 0 aromatic heterocycles. The largest absolute Gasteiger partial charge is 0.435 e. The lowest BCUT2D eigenvalue weighted by Crippen LogP contribution is -2.42. The van der Waals surface area contributed by atoms with Crippen molar-refractivity contribution in [1.82, 2.24) is 0 Å². The first-order valence-electron chi connectivity index (χ1n) is 8.16. The third kappa shape index (κ3) is 3.23. The molecule has 2 aliphatic rings. The number of halogens is 7. The van der Waals surface area contributed by atoms with E-state index >= 15 is 0 Å². The highest BCUT2D eigenvalue weighted by Gasteiger charge is 2.62. The monoisotopic (exact) mass is 469 g/mol. The number of alkyl halides is 3.